The number of nitriles is 1. The van der Waals surface area contributed by atoms with Crippen LogP contribution in [0.1, 0.15) is 31.9 Å². The molecule has 2 N–H and O–H groups in total. The van der Waals surface area contributed by atoms with Gasteiger partial charge in [-0.15, -0.1) is 0 Å². The van der Waals surface area contributed by atoms with Gasteiger partial charge in [-0.3, -0.25) is 9.78 Å². The van der Waals surface area contributed by atoms with Crippen LogP contribution in [0.4, 0.5) is 5.69 Å². The normalized spacial score (nSPS) is 11.5. The van der Waals surface area contributed by atoms with Crippen molar-refractivity contribution in [2.24, 2.45) is 0 Å². The molecule has 25 heavy (non-hydrogen) atoms. The number of aromatic nitrogens is 1. The third kappa shape index (κ3) is 5.47. The summed E-state index contributed by atoms with van der Waals surface area (Å²) >= 11 is 0. The Morgan fingerprint density at radius 3 is 2.52 bits per heavy atom. The number of anilines is 1. The van der Waals surface area contributed by atoms with Crippen molar-refractivity contribution in [3.8, 4) is 6.07 Å². The minimum Gasteiger partial charge on any atom is -0.360 e. The van der Waals surface area contributed by atoms with Gasteiger partial charge in [0.25, 0.3) is 5.91 Å². The molecule has 0 unspecified atom stereocenters. The van der Waals surface area contributed by atoms with Crippen molar-refractivity contribution in [3.05, 3.63) is 71.7 Å². The standard InChI is InChI=1S/C20H22N4O/c1-20(2,3)17-6-8-18(9-7-17)23-14-16(11-21)19(25)24-13-15-5-4-10-22-12-15/h4-10,12,14,23H,13H2,1-3H3,(H,24,25)/b16-14-. The van der Waals surface area contributed by atoms with Crippen LogP contribution >= 0.6 is 0 Å². The molecule has 0 fully saturated rings. The molecule has 5 heteroatoms. The number of nitrogens with one attached hydrogen (secondary N) is 2. The Bertz CT molecular complexity index is 781. The predicted octanol–water partition coefficient (Wildman–Crippen LogP) is 3.51. The van der Waals surface area contributed by atoms with Crippen LogP contribution in [0.3, 0.4) is 0 Å². The number of nitrogens with zero attached hydrogens (tertiary/aromatic N) is 2. The molecule has 1 heterocycles. The molecule has 0 bridgehead atoms. The average Bonchev–Trinajstić information content (AvgIpc) is 2.61. The summed E-state index contributed by atoms with van der Waals surface area (Å²) < 4.78 is 0. The predicted molar refractivity (Wildman–Crippen MR) is 98.5 cm³/mol. The number of amides is 1. The third-order valence-electron chi connectivity index (χ3n) is 3.68. The number of carbonyl (C=O) groups is 1. The van der Waals surface area contributed by atoms with Gasteiger partial charge in [-0.1, -0.05) is 39.0 Å². The monoisotopic (exact) mass is 334 g/mol. The fraction of sp³-hybridized carbons (Fsp3) is 0.250. The number of benzene rings is 1. The summed E-state index contributed by atoms with van der Waals surface area (Å²) in [5, 5.41) is 14.9. The summed E-state index contributed by atoms with van der Waals surface area (Å²) in [5.74, 6) is -0.426. The Hall–Kier alpha value is -3.13. The molecule has 1 aromatic heterocycles. The number of pyridine rings is 1. The van der Waals surface area contributed by atoms with Crippen LogP contribution in [0.2, 0.25) is 0 Å². The Morgan fingerprint density at radius 1 is 1.24 bits per heavy atom. The number of rotatable bonds is 5. The Kier molecular flexibility index (Phi) is 5.91. The molecule has 0 saturated carbocycles. The molecule has 0 atom stereocenters. The van der Waals surface area contributed by atoms with Crippen LogP contribution < -0.4 is 10.6 Å². The summed E-state index contributed by atoms with van der Waals surface area (Å²) in [4.78, 5) is 16.1. The van der Waals surface area contributed by atoms with E-state index in [-0.39, 0.29) is 11.0 Å². The highest BCUT2D eigenvalue weighted by atomic mass is 16.1. The Balaban J connectivity index is 1.97. The fourth-order valence-corrected chi connectivity index (χ4v) is 2.15. The fourth-order valence-electron chi connectivity index (χ4n) is 2.15. The van der Waals surface area contributed by atoms with Gasteiger partial charge in [0.2, 0.25) is 0 Å². The SMILES string of the molecule is CC(C)(C)c1ccc(N/C=C(/C#N)C(=O)NCc2cccnc2)cc1. The average molecular weight is 334 g/mol. The largest absolute Gasteiger partial charge is 0.360 e. The van der Waals surface area contributed by atoms with Crippen LogP contribution in [0.5, 0.6) is 0 Å². The molecular weight excluding hydrogens is 312 g/mol. The van der Waals surface area contributed by atoms with Crippen molar-refractivity contribution in [2.45, 2.75) is 32.7 Å². The smallest absolute Gasteiger partial charge is 0.263 e. The van der Waals surface area contributed by atoms with Crippen LogP contribution in [0.25, 0.3) is 0 Å². The molecule has 0 aliphatic heterocycles. The molecule has 128 valence electrons. The van der Waals surface area contributed by atoms with Crippen LogP contribution in [0, 0.1) is 11.3 Å². The quantitative estimate of drug-likeness (QED) is 0.648. The minimum absolute atomic E-state index is 0.0174. The molecule has 0 radical (unpaired) electrons. The van der Waals surface area contributed by atoms with E-state index >= 15 is 0 Å². The molecule has 0 saturated heterocycles. The Morgan fingerprint density at radius 2 is 1.96 bits per heavy atom. The van der Waals surface area contributed by atoms with Crippen molar-refractivity contribution in [1.82, 2.24) is 10.3 Å². The van der Waals surface area contributed by atoms with Crippen LogP contribution in [0.15, 0.2) is 60.6 Å². The van der Waals surface area contributed by atoms with Crippen molar-refractivity contribution in [1.29, 1.82) is 5.26 Å². The summed E-state index contributed by atoms with van der Waals surface area (Å²) in [7, 11) is 0. The van der Waals surface area contributed by atoms with Crippen molar-refractivity contribution in [3.63, 3.8) is 0 Å². The maximum atomic E-state index is 12.1. The maximum Gasteiger partial charge on any atom is 0.263 e. The summed E-state index contributed by atoms with van der Waals surface area (Å²) in [5.41, 5.74) is 3.01. The van der Waals surface area contributed by atoms with Gasteiger partial charge in [-0.25, -0.2) is 0 Å². The zero-order chi connectivity index (χ0) is 18.3. The molecule has 0 aliphatic rings. The zero-order valence-corrected chi connectivity index (χ0v) is 14.7. The lowest BCUT2D eigenvalue weighted by Crippen LogP contribution is -2.24. The van der Waals surface area contributed by atoms with E-state index in [1.807, 2.05) is 36.4 Å². The molecule has 2 aromatic rings. The van der Waals surface area contributed by atoms with E-state index in [4.69, 9.17) is 0 Å². The molecule has 0 aliphatic carbocycles. The second-order valence-corrected chi connectivity index (χ2v) is 6.69. The summed E-state index contributed by atoms with van der Waals surface area (Å²) in [6.45, 7) is 6.77. The highest BCUT2D eigenvalue weighted by molar-refractivity contribution is 5.97. The van der Waals surface area contributed by atoms with Gasteiger partial charge < -0.3 is 10.6 Å². The van der Waals surface area contributed by atoms with Gasteiger partial charge in [0.1, 0.15) is 11.6 Å². The first-order valence-electron chi connectivity index (χ1n) is 8.04. The van der Waals surface area contributed by atoms with E-state index in [1.54, 1.807) is 18.5 Å². The molecule has 1 amide bonds. The van der Waals surface area contributed by atoms with E-state index < -0.39 is 5.91 Å². The molecule has 1 aromatic carbocycles. The van der Waals surface area contributed by atoms with Crippen molar-refractivity contribution >= 4 is 11.6 Å². The zero-order valence-electron chi connectivity index (χ0n) is 14.7. The highest BCUT2D eigenvalue weighted by Gasteiger charge is 2.13. The van der Waals surface area contributed by atoms with E-state index in [9.17, 15) is 10.1 Å². The van der Waals surface area contributed by atoms with E-state index in [0.717, 1.165) is 11.3 Å². The minimum atomic E-state index is -0.426. The third-order valence-corrected chi connectivity index (χ3v) is 3.68. The van der Waals surface area contributed by atoms with Gasteiger partial charge in [-0.2, -0.15) is 5.26 Å². The second kappa shape index (κ2) is 8.11. The maximum absolute atomic E-state index is 12.1. The second-order valence-electron chi connectivity index (χ2n) is 6.69. The van der Waals surface area contributed by atoms with Crippen LogP contribution in [-0.4, -0.2) is 10.9 Å². The van der Waals surface area contributed by atoms with Gasteiger partial charge >= 0.3 is 0 Å². The number of hydrogen-bond donors (Lipinski definition) is 2. The molecular formula is C20H22N4O. The lowest BCUT2D eigenvalue weighted by Gasteiger charge is -2.19. The number of carbonyl (C=O) groups excluding carboxylic acids is 1. The van der Waals surface area contributed by atoms with Gasteiger partial charge in [-0.05, 0) is 34.7 Å². The van der Waals surface area contributed by atoms with Gasteiger partial charge in [0.05, 0.1) is 0 Å². The van der Waals surface area contributed by atoms with Crippen molar-refractivity contribution in [2.75, 3.05) is 5.32 Å². The van der Waals surface area contributed by atoms with E-state index in [2.05, 4.69) is 36.4 Å². The number of hydrogen-bond acceptors (Lipinski definition) is 4. The van der Waals surface area contributed by atoms with Crippen LogP contribution in [-0.2, 0) is 16.8 Å². The van der Waals surface area contributed by atoms with Gasteiger partial charge in [0.15, 0.2) is 0 Å². The highest BCUT2D eigenvalue weighted by Crippen LogP contribution is 2.23. The molecule has 0 spiro atoms. The first-order chi connectivity index (χ1) is 11.9. The molecule has 5 nitrogen and oxygen atoms in total. The summed E-state index contributed by atoms with van der Waals surface area (Å²) in [6, 6.07) is 13.5. The summed E-state index contributed by atoms with van der Waals surface area (Å²) in [6.07, 6.45) is 4.76. The first-order valence-corrected chi connectivity index (χ1v) is 8.04. The lowest BCUT2D eigenvalue weighted by atomic mass is 9.87. The first kappa shape index (κ1) is 18.2. The Labute approximate surface area is 148 Å². The van der Waals surface area contributed by atoms with E-state index in [1.165, 1.54) is 11.8 Å². The molecule has 2 rings (SSSR count). The van der Waals surface area contributed by atoms with Gasteiger partial charge in [0, 0.05) is 30.8 Å². The van der Waals surface area contributed by atoms with E-state index in [0.29, 0.717) is 6.54 Å². The lowest BCUT2D eigenvalue weighted by molar-refractivity contribution is -0.117. The topological polar surface area (TPSA) is 77.8 Å². The van der Waals surface area contributed by atoms with Crippen molar-refractivity contribution < 1.29 is 4.79 Å².